The van der Waals surface area contributed by atoms with Crippen molar-refractivity contribution < 1.29 is 9.72 Å². The largest absolute Gasteiger partial charge is 0.325 e. The lowest BCUT2D eigenvalue weighted by molar-refractivity contribution is -0.384. The van der Waals surface area contributed by atoms with Crippen LogP contribution in [0.3, 0.4) is 0 Å². The van der Waals surface area contributed by atoms with E-state index in [1.54, 1.807) is 12.1 Å². The highest BCUT2D eigenvalue weighted by Crippen LogP contribution is 2.27. The number of nitrogens with zero attached hydrogens (tertiary/aromatic N) is 3. The number of nitrogens with one attached hydrogen (secondary N) is 1. The van der Waals surface area contributed by atoms with E-state index in [2.05, 4.69) is 11.4 Å². The minimum atomic E-state index is -0.594. The predicted octanol–water partition coefficient (Wildman–Crippen LogP) is 3.97. The molecule has 0 aliphatic carbocycles. The van der Waals surface area contributed by atoms with Crippen molar-refractivity contribution in [3.05, 3.63) is 68.7 Å². The number of carbonyl (C=O) groups excluding carboxylic acids is 1. The Kier molecular flexibility index (Phi) is 6.88. The van der Waals surface area contributed by atoms with E-state index in [-0.39, 0.29) is 29.2 Å². The highest BCUT2D eigenvalue weighted by molar-refractivity contribution is 6.32. The first kappa shape index (κ1) is 20.4. The van der Waals surface area contributed by atoms with E-state index in [1.807, 2.05) is 30.9 Å². The first-order valence-electron chi connectivity index (χ1n) is 8.27. The third-order valence-electron chi connectivity index (χ3n) is 3.97. The van der Waals surface area contributed by atoms with Gasteiger partial charge in [0.05, 0.1) is 23.1 Å². The van der Waals surface area contributed by atoms with E-state index in [0.29, 0.717) is 17.8 Å². The molecule has 0 heterocycles. The second-order valence-electron chi connectivity index (χ2n) is 6.28. The van der Waals surface area contributed by atoms with Crippen molar-refractivity contribution in [2.75, 3.05) is 11.9 Å². The summed E-state index contributed by atoms with van der Waals surface area (Å²) in [4.78, 5) is 24.7. The summed E-state index contributed by atoms with van der Waals surface area (Å²) in [5, 5.41) is 22.5. The molecule has 1 amide bonds. The monoisotopic (exact) mass is 386 g/mol. The maximum atomic E-state index is 12.4. The van der Waals surface area contributed by atoms with Gasteiger partial charge in [0.2, 0.25) is 5.91 Å². The van der Waals surface area contributed by atoms with Crippen molar-refractivity contribution in [1.29, 1.82) is 5.26 Å². The van der Waals surface area contributed by atoms with Crippen LogP contribution in [0.4, 0.5) is 11.4 Å². The number of amides is 1. The van der Waals surface area contributed by atoms with Gasteiger partial charge in [-0.3, -0.25) is 19.8 Å². The molecule has 0 saturated heterocycles. The van der Waals surface area contributed by atoms with Gasteiger partial charge in [0, 0.05) is 24.3 Å². The summed E-state index contributed by atoms with van der Waals surface area (Å²) in [6, 6.07) is 13.5. The van der Waals surface area contributed by atoms with Crippen LogP contribution in [0.25, 0.3) is 0 Å². The minimum Gasteiger partial charge on any atom is -0.325 e. The van der Waals surface area contributed by atoms with Crippen LogP contribution in [0, 0.1) is 21.4 Å². The fourth-order valence-corrected chi connectivity index (χ4v) is 2.64. The molecule has 0 aliphatic rings. The van der Waals surface area contributed by atoms with Gasteiger partial charge in [-0.25, -0.2) is 0 Å². The van der Waals surface area contributed by atoms with Gasteiger partial charge in [0.15, 0.2) is 0 Å². The number of benzene rings is 2. The summed E-state index contributed by atoms with van der Waals surface area (Å²) in [7, 11) is 0. The van der Waals surface area contributed by atoms with E-state index in [0.717, 1.165) is 5.56 Å². The maximum Gasteiger partial charge on any atom is 0.289 e. The molecule has 2 aromatic rings. The first-order chi connectivity index (χ1) is 12.8. The van der Waals surface area contributed by atoms with Crippen molar-refractivity contribution in [2.24, 2.45) is 0 Å². The van der Waals surface area contributed by atoms with Gasteiger partial charge in [0.1, 0.15) is 5.02 Å². The highest BCUT2D eigenvalue weighted by Gasteiger charge is 2.17. The van der Waals surface area contributed by atoms with Crippen LogP contribution in [-0.2, 0) is 11.3 Å². The molecule has 0 unspecified atom stereocenters. The summed E-state index contributed by atoms with van der Waals surface area (Å²) >= 11 is 5.78. The Balaban J connectivity index is 2.05. The van der Waals surface area contributed by atoms with Crippen LogP contribution in [-0.4, -0.2) is 28.3 Å². The number of hydrogen-bond acceptors (Lipinski definition) is 5. The molecule has 0 radical (unpaired) electrons. The summed E-state index contributed by atoms with van der Waals surface area (Å²) < 4.78 is 0. The van der Waals surface area contributed by atoms with Gasteiger partial charge in [0.25, 0.3) is 5.69 Å². The van der Waals surface area contributed by atoms with Gasteiger partial charge in [-0.05, 0) is 43.7 Å². The Morgan fingerprint density at radius 1 is 1.30 bits per heavy atom. The lowest BCUT2D eigenvalue weighted by Crippen LogP contribution is -2.37. The van der Waals surface area contributed by atoms with Crippen molar-refractivity contribution in [1.82, 2.24) is 4.90 Å². The molecule has 0 fully saturated rings. The molecule has 27 heavy (non-hydrogen) atoms. The number of carbonyl (C=O) groups is 1. The molecule has 2 rings (SSSR count). The van der Waals surface area contributed by atoms with Crippen LogP contribution in [0.15, 0.2) is 42.5 Å². The fraction of sp³-hybridized carbons (Fsp3) is 0.263. The molecule has 140 valence electrons. The Hall–Kier alpha value is -2.95. The van der Waals surface area contributed by atoms with E-state index in [9.17, 15) is 14.9 Å². The third-order valence-corrected chi connectivity index (χ3v) is 4.29. The molecule has 2 aromatic carbocycles. The zero-order valence-corrected chi connectivity index (χ0v) is 15.7. The van der Waals surface area contributed by atoms with Gasteiger partial charge in [-0.2, -0.15) is 5.26 Å². The fourth-order valence-electron chi connectivity index (χ4n) is 2.46. The molecule has 1 N–H and O–H groups in total. The Bertz CT molecular complexity index is 876. The number of nitriles is 1. The van der Waals surface area contributed by atoms with Crippen LogP contribution in [0.5, 0.6) is 0 Å². The Morgan fingerprint density at radius 3 is 2.52 bits per heavy atom. The van der Waals surface area contributed by atoms with E-state index in [1.165, 1.54) is 18.2 Å². The van der Waals surface area contributed by atoms with Crippen molar-refractivity contribution in [2.45, 2.75) is 26.4 Å². The molecule has 0 aromatic heterocycles. The quantitative estimate of drug-likeness (QED) is 0.573. The van der Waals surface area contributed by atoms with Crippen LogP contribution < -0.4 is 5.32 Å². The van der Waals surface area contributed by atoms with Crippen LogP contribution >= 0.6 is 11.6 Å². The first-order valence-corrected chi connectivity index (χ1v) is 8.65. The molecule has 0 saturated carbocycles. The average molecular weight is 387 g/mol. The standard InChI is InChI=1S/C19H19ClN4O3/c1-13(2)23(11-15-5-3-14(10-21)4-6-15)12-19(25)22-16-7-8-17(20)18(9-16)24(26)27/h3-9,13H,11-12H2,1-2H3,(H,22,25). The van der Waals surface area contributed by atoms with Crippen molar-refractivity contribution >= 4 is 28.9 Å². The van der Waals surface area contributed by atoms with E-state index >= 15 is 0 Å². The predicted molar refractivity (Wildman–Crippen MR) is 103 cm³/mol. The zero-order chi connectivity index (χ0) is 20.0. The van der Waals surface area contributed by atoms with Gasteiger partial charge < -0.3 is 5.32 Å². The second kappa shape index (κ2) is 9.12. The van der Waals surface area contributed by atoms with Crippen LogP contribution in [0.1, 0.15) is 25.0 Å². The summed E-state index contributed by atoms with van der Waals surface area (Å²) in [5.74, 6) is -0.283. The third kappa shape index (κ3) is 5.78. The van der Waals surface area contributed by atoms with E-state index in [4.69, 9.17) is 16.9 Å². The van der Waals surface area contributed by atoms with Gasteiger partial charge in [-0.1, -0.05) is 23.7 Å². The smallest absolute Gasteiger partial charge is 0.289 e. The summed E-state index contributed by atoms with van der Waals surface area (Å²) in [6.45, 7) is 4.61. The zero-order valence-electron chi connectivity index (χ0n) is 15.0. The SMILES string of the molecule is CC(C)N(CC(=O)Nc1ccc(Cl)c([N+](=O)[O-])c1)Cc1ccc(C#N)cc1. The topological polar surface area (TPSA) is 99.3 Å². The van der Waals surface area contributed by atoms with Crippen LogP contribution in [0.2, 0.25) is 5.02 Å². The normalized spacial score (nSPS) is 10.7. The van der Waals surface area contributed by atoms with Crippen molar-refractivity contribution in [3.63, 3.8) is 0 Å². The lowest BCUT2D eigenvalue weighted by Gasteiger charge is -2.26. The molecule has 0 spiro atoms. The minimum absolute atomic E-state index is 0.0163. The summed E-state index contributed by atoms with van der Waals surface area (Å²) in [6.07, 6.45) is 0. The molecule has 7 nitrogen and oxygen atoms in total. The Morgan fingerprint density at radius 2 is 1.96 bits per heavy atom. The second-order valence-corrected chi connectivity index (χ2v) is 6.69. The number of halogens is 1. The lowest BCUT2D eigenvalue weighted by atomic mass is 10.1. The number of nitro groups is 1. The number of rotatable bonds is 7. The average Bonchev–Trinajstić information content (AvgIpc) is 2.63. The number of anilines is 1. The van der Waals surface area contributed by atoms with Crippen molar-refractivity contribution in [3.8, 4) is 6.07 Å². The number of hydrogen-bond donors (Lipinski definition) is 1. The van der Waals surface area contributed by atoms with Gasteiger partial charge >= 0.3 is 0 Å². The number of nitro benzene ring substituents is 1. The molecule has 0 bridgehead atoms. The molecule has 0 aliphatic heterocycles. The molecule has 0 atom stereocenters. The molecular formula is C19H19ClN4O3. The molecular weight excluding hydrogens is 368 g/mol. The summed E-state index contributed by atoms with van der Waals surface area (Å²) in [5.41, 5.74) is 1.63. The van der Waals surface area contributed by atoms with Gasteiger partial charge in [-0.15, -0.1) is 0 Å². The Labute approximate surface area is 162 Å². The maximum absolute atomic E-state index is 12.4. The molecule has 8 heteroatoms. The van der Waals surface area contributed by atoms with E-state index < -0.39 is 4.92 Å². The highest BCUT2D eigenvalue weighted by atomic mass is 35.5.